The number of aromatic nitrogens is 3. The molecule has 3 rings (SSSR count). The van der Waals surface area contributed by atoms with Crippen molar-refractivity contribution < 1.29 is 4.79 Å². The quantitative estimate of drug-likeness (QED) is 0.694. The molecule has 1 aromatic carbocycles. The van der Waals surface area contributed by atoms with Crippen LogP contribution in [0.25, 0.3) is 5.65 Å². The van der Waals surface area contributed by atoms with Crippen molar-refractivity contribution in [2.24, 2.45) is 0 Å². The molecular weight excluding hydrogens is 282 g/mol. The SMILES string of the molecule is O=Cc1cc(Cl)ccc1Sc1nnc2ccccn12. The van der Waals surface area contributed by atoms with Gasteiger partial charge in [-0.25, -0.2) is 0 Å². The zero-order valence-electron chi connectivity index (χ0n) is 9.65. The van der Waals surface area contributed by atoms with Gasteiger partial charge in [0.2, 0.25) is 0 Å². The smallest absolute Gasteiger partial charge is 0.200 e. The van der Waals surface area contributed by atoms with Crippen molar-refractivity contribution in [3.8, 4) is 0 Å². The lowest BCUT2D eigenvalue weighted by Gasteiger charge is -2.03. The monoisotopic (exact) mass is 289 g/mol. The molecule has 2 aromatic heterocycles. The van der Waals surface area contributed by atoms with Crippen LogP contribution in [-0.4, -0.2) is 20.9 Å². The second kappa shape index (κ2) is 5.03. The summed E-state index contributed by atoms with van der Waals surface area (Å²) in [6.45, 7) is 0. The molecule has 2 heterocycles. The average molecular weight is 290 g/mol. The van der Waals surface area contributed by atoms with Crippen molar-refractivity contribution in [1.29, 1.82) is 0 Å². The number of carbonyl (C=O) groups excluding carboxylic acids is 1. The minimum absolute atomic E-state index is 0.539. The van der Waals surface area contributed by atoms with Crippen LogP contribution in [0, 0.1) is 0 Å². The zero-order valence-corrected chi connectivity index (χ0v) is 11.2. The summed E-state index contributed by atoms with van der Waals surface area (Å²) in [5.41, 5.74) is 1.32. The highest BCUT2D eigenvalue weighted by Gasteiger charge is 2.10. The number of nitrogens with zero attached hydrogens (tertiary/aromatic N) is 3. The van der Waals surface area contributed by atoms with Gasteiger partial charge in [-0.2, -0.15) is 0 Å². The van der Waals surface area contributed by atoms with Crippen molar-refractivity contribution in [2.45, 2.75) is 10.1 Å². The number of hydrogen-bond donors (Lipinski definition) is 0. The number of pyridine rings is 1. The molecule has 0 radical (unpaired) electrons. The van der Waals surface area contributed by atoms with Crippen LogP contribution in [0.2, 0.25) is 5.02 Å². The fraction of sp³-hybridized carbons (Fsp3) is 0. The van der Waals surface area contributed by atoms with E-state index in [0.29, 0.717) is 15.7 Å². The van der Waals surface area contributed by atoms with E-state index in [9.17, 15) is 4.79 Å². The summed E-state index contributed by atoms with van der Waals surface area (Å²) in [4.78, 5) is 11.9. The molecule has 4 nitrogen and oxygen atoms in total. The van der Waals surface area contributed by atoms with E-state index in [1.54, 1.807) is 18.2 Å². The van der Waals surface area contributed by atoms with Gasteiger partial charge in [-0.1, -0.05) is 17.7 Å². The third-order valence-electron chi connectivity index (χ3n) is 2.58. The first-order valence-corrected chi connectivity index (χ1v) is 6.70. The van der Waals surface area contributed by atoms with E-state index in [2.05, 4.69) is 10.2 Å². The fourth-order valence-electron chi connectivity index (χ4n) is 1.69. The predicted molar refractivity (Wildman–Crippen MR) is 73.9 cm³/mol. The van der Waals surface area contributed by atoms with Crippen LogP contribution >= 0.6 is 23.4 Å². The van der Waals surface area contributed by atoms with E-state index in [1.165, 1.54) is 11.8 Å². The Bertz CT molecular complexity index is 756. The van der Waals surface area contributed by atoms with Crippen LogP contribution in [0.15, 0.2) is 52.6 Å². The molecule has 3 aromatic rings. The highest BCUT2D eigenvalue weighted by atomic mass is 35.5. The summed E-state index contributed by atoms with van der Waals surface area (Å²) in [6, 6.07) is 10.9. The van der Waals surface area contributed by atoms with Crippen LogP contribution < -0.4 is 0 Å². The Morgan fingerprint density at radius 1 is 1.21 bits per heavy atom. The first kappa shape index (κ1) is 12.2. The topological polar surface area (TPSA) is 47.3 Å². The molecule has 0 unspecified atom stereocenters. The standard InChI is InChI=1S/C13H8ClN3OS/c14-10-4-5-11(9(7-10)8-18)19-13-16-15-12-3-1-2-6-17(12)13/h1-8H. The normalized spacial score (nSPS) is 10.8. The molecular formula is C13H8ClN3OS. The Hall–Kier alpha value is -1.85. The number of fused-ring (bicyclic) bond motifs is 1. The largest absolute Gasteiger partial charge is 0.298 e. The molecule has 0 bridgehead atoms. The number of halogens is 1. The van der Waals surface area contributed by atoms with Crippen molar-refractivity contribution in [3.63, 3.8) is 0 Å². The van der Waals surface area contributed by atoms with Crippen LogP contribution in [0.4, 0.5) is 0 Å². The van der Waals surface area contributed by atoms with Gasteiger partial charge in [0, 0.05) is 21.7 Å². The lowest BCUT2D eigenvalue weighted by molar-refractivity contribution is 0.112. The van der Waals surface area contributed by atoms with Crippen LogP contribution in [0.5, 0.6) is 0 Å². The maximum Gasteiger partial charge on any atom is 0.200 e. The van der Waals surface area contributed by atoms with E-state index < -0.39 is 0 Å². The van der Waals surface area contributed by atoms with Gasteiger partial charge in [0.1, 0.15) is 0 Å². The molecule has 0 saturated heterocycles. The fourth-order valence-corrected chi connectivity index (χ4v) is 2.76. The third kappa shape index (κ3) is 2.34. The summed E-state index contributed by atoms with van der Waals surface area (Å²) in [5.74, 6) is 0. The minimum atomic E-state index is 0.539. The summed E-state index contributed by atoms with van der Waals surface area (Å²) >= 11 is 7.25. The van der Waals surface area contributed by atoms with Gasteiger partial charge in [0.15, 0.2) is 17.1 Å². The van der Waals surface area contributed by atoms with Crippen molar-refractivity contribution in [2.75, 3.05) is 0 Å². The lowest BCUT2D eigenvalue weighted by Crippen LogP contribution is -1.89. The van der Waals surface area contributed by atoms with Crippen molar-refractivity contribution in [3.05, 3.63) is 53.2 Å². The maximum absolute atomic E-state index is 11.1. The number of rotatable bonds is 3. The van der Waals surface area contributed by atoms with Gasteiger partial charge in [-0.05, 0) is 42.1 Å². The molecule has 0 N–H and O–H groups in total. The van der Waals surface area contributed by atoms with E-state index >= 15 is 0 Å². The molecule has 0 saturated carbocycles. The molecule has 94 valence electrons. The second-order valence-corrected chi connectivity index (χ2v) is 5.26. The average Bonchev–Trinajstić information content (AvgIpc) is 2.84. The van der Waals surface area contributed by atoms with Gasteiger partial charge in [0.05, 0.1) is 0 Å². The molecule has 19 heavy (non-hydrogen) atoms. The molecule has 0 atom stereocenters. The van der Waals surface area contributed by atoms with Gasteiger partial charge >= 0.3 is 0 Å². The summed E-state index contributed by atoms with van der Waals surface area (Å²) in [7, 11) is 0. The number of aldehydes is 1. The zero-order chi connectivity index (χ0) is 13.2. The molecule has 0 aliphatic carbocycles. The highest BCUT2D eigenvalue weighted by Crippen LogP contribution is 2.30. The molecule has 0 fully saturated rings. The predicted octanol–water partition coefficient (Wildman–Crippen LogP) is 3.35. The van der Waals surface area contributed by atoms with Crippen LogP contribution in [0.3, 0.4) is 0 Å². The highest BCUT2D eigenvalue weighted by molar-refractivity contribution is 7.99. The Morgan fingerprint density at radius 2 is 2.11 bits per heavy atom. The third-order valence-corrected chi connectivity index (χ3v) is 3.87. The summed E-state index contributed by atoms with van der Waals surface area (Å²) < 4.78 is 1.87. The summed E-state index contributed by atoms with van der Waals surface area (Å²) in [6.07, 6.45) is 2.67. The van der Waals surface area contributed by atoms with E-state index in [4.69, 9.17) is 11.6 Å². The van der Waals surface area contributed by atoms with Gasteiger partial charge < -0.3 is 0 Å². The number of carbonyl (C=O) groups is 1. The Morgan fingerprint density at radius 3 is 2.95 bits per heavy atom. The van der Waals surface area contributed by atoms with Crippen LogP contribution in [-0.2, 0) is 0 Å². The molecule has 0 aliphatic heterocycles. The summed E-state index contributed by atoms with van der Waals surface area (Å²) in [5, 5.41) is 9.43. The second-order valence-electron chi connectivity index (χ2n) is 3.81. The van der Waals surface area contributed by atoms with Gasteiger partial charge in [-0.15, -0.1) is 10.2 Å². The maximum atomic E-state index is 11.1. The molecule has 6 heteroatoms. The van der Waals surface area contributed by atoms with Crippen LogP contribution in [0.1, 0.15) is 10.4 Å². The van der Waals surface area contributed by atoms with E-state index in [0.717, 1.165) is 16.8 Å². The molecule has 0 spiro atoms. The van der Waals surface area contributed by atoms with Crippen molar-refractivity contribution >= 4 is 35.3 Å². The Kier molecular flexibility index (Phi) is 3.23. The van der Waals surface area contributed by atoms with E-state index in [1.807, 2.05) is 28.8 Å². The number of benzene rings is 1. The number of hydrogen-bond acceptors (Lipinski definition) is 4. The lowest BCUT2D eigenvalue weighted by atomic mass is 10.2. The van der Waals surface area contributed by atoms with E-state index in [-0.39, 0.29) is 0 Å². The Balaban J connectivity index is 2.03. The Labute approximate surface area is 118 Å². The molecule has 0 amide bonds. The van der Waals surface area contributed by atoms with Crippen molar-refractivity contribution in [1.82, 2.24) is 14.6 Å². The first-order valence-electron chi connectivity index (χ1n) is 5.50. The minimum Gasteiger partial charge on any atom is -0.298 e. The molecule has 0 aliphatic rings. The van der Waals surface area contributed by atoms with Gasteiger partial charge in [0.25, 0.3) is 0 Å². The first-order chi connectivity index (χ1) is 9.28. The van der Waals surface area contributed by atoms with Gasteiger partial charge in [-0.3, -0.25) is 9.20 Å².